The normalized spacial score (nSPS) is 10.7. The van der Waals surface area contributed by atoms with E-state index >= 15 is 0 Å². The molecule has 1 heterocycles. The molecule has 0 saturated heterocycles. The van der Waals surface area contributed by atoms with E-state index in [0.717, 1.165) is 12.5 Å². The number of rotatable bonds is 7. The van der Waals surface area contributed by atoms with Crippen LogP contribution in [0.5, 0.6) is 0 Å². The van der Waals surface area contributed by atoms with E-state index in [-0.39, 0.29) is 17.7 Å². The molecule has 0 radical (unpaired) electrons. The van der Waals surface area contributed by atoms with E-state index in [4.69, 9.17) is 10.5 Å². The van der Waals surface area contributed by atoms with Gasteiger partial charge in [-0.3, -0.25) is 4.79 Å². The number of carboxylic acid groups (broad SMARTS) is 2. The highest BCUT2D eigenvalue weighted by atomic mass is 19.1. The number of benzene rings is 1. The summed E-state index contributed by atoms with van der Waals surface area (Å²) < 4.78 is 19.6. The van der Waals surface area contributed by atoms with E-state index in [0.29, 0.717) is 6.61 Å². The lowest BCUT2D eigenvalue weighted by molar-refractivity contribution is 0.0695. The Balaban J connectivity index is 2.67. The number of carboxylic acids is 2. The van der Waals surface area contributed by atoms with Crippen molar-refractivity contribution >= 4 is 17.8 Å². The fraction of sp³-hybridized carbons (Fsp3) is 0.235. The second-order valence-corrected chi connectivity index (χ2v) is 5.46. The molecule has 0 fully saturated rings. The van der Waals surface area contributed by atoms with Gasteiger partial charge in [0.1, 0.15) is 22.8 Å². The lowest BCUT2D eigenvalue weighted by Gasteiger charge is -2.13. The minimum Gasteiger partial charge on any atom is -0.478 e. The molecule has 0 saturated carbocycles. The number of carbonyl (C=O) groups is 2. The molecule has 0 aliphatic rings. The third kappa shape index (κ3) is 3.72. The first-order valence-corrected chi connectivity index (χ1v) is 7.66. The van der Waals surface area contributed by atoms with Crippen LogP contribution in [-0.4, -0.2) is 33.7 Å². The van der Waals surface area contributed by atoms with Gasteiger partial charge in [-0.05, 0) is 18.1 Å². The van der Waals surface area contributed by atoms with Crippen LogP contribution in [0.15, 0.2) is 23.0 Å². The van der Waals surface area contributed by atoms with Crippen molar-refractivity contribution in [2.45, 2.75) is 20.0 Å². The zero-order valence-electron chi connectivity index (χ0n) is 13.8. The van der Waals surface area contributed by atoms with Crippen molar-refractivity contribution in [2.75, 3.05) is 12.3 Å². The summed E-state index contributed by atoms with van der Waals surface area (Å²) in [5.74, 6) is -4.44. The Morgan fingerprint density at radius 3 is 2.42 bits per heavy atom. The highest BCUT2D eigenvalue weighted by Crippen LogP contribution is 2.30. The molecular formula is C17H17FN2O6. The molecule has 2 rings (SSSR count). The molecule has 2 aromatic rings. The SMILES string of the molecule is CCCOCc1ccc(-c2c(C(=O)O)c(N)[nH]c(=O)c2C(=O)O)cc1F. The first-order valence-electron chi connectivity index (χ1n) is 7.66. The molecule has 138 valence electrons. The smallest absolute Gasteiger partial charge is 0.342 e. The molecule has 0 aliphatic heterocycles. The van der Waals surface area contributed by atoms with Gasteiger partial charge in [-0.2, -0.15) is 0 Å². The molecular weight excluding hydrogens is 347 g/mol. The third-order valence-corrected chi connectivity index (χ3v) is 3.62. The Morgan fingerprint density at radius 2 is 1.88 bits per heavy atom. The van der Waals surface area contributed by atoms with E-state index in [1.807, 2.05) is 11.9 Å². The fourth-order valence-corrected chi connectivity index (χ4v) is 2.48. The van der Waals surface area contributed by atoms with Crippen LogP contribution in [0, 0.1) is 5.82 Å². The van der Waals surface area contributed by atoms with Gasteiger partial charge in [0.25, 0.3) is 5.56 Å². The molecule has 1 aromatic heterocycles. The number of aromatic nitrogens is 1. The number of nitrogen functional groups attached to an aromatic ring is 1. The fourth-order valence-electron chi connectivity index (χ4n) is 2.48. The van der Waals surface area contributed by atoms with Crippen LogP contribution in [0.3, 0.4) is 0 Å². The largest absolute Gasteiger partial charge is 0.478 e. The summed E-state index contributed by atoms with van der Waals surface area (Å²) in [5, 5.41) is 18.7. The van der Waals surface area contributed by atoms with Crippen molar-refractivity contribution in [3.63, 3.8) is 0 Å². The maximum atomic E-state index is 14.3. The van der Waals surface area contributed by atoms with Gasteiger partial charge >= 0.3 is 11.9 Å². The van der Waals surface area contributed by atoms with Crippen LogP contribution in [0.1, 0.15) is 39.6 Å². The van der Waals surface area contributed by atoms with Crippen molar-refractivity contribution in [3.8, 4) is 11.1 Å². The Kier molecular flexibility index (Phi) is 5.73. The van der Waals surface area contributed by atoms with Gasteiger partial charge in [-0.25, -0.2) is 14.0 Å². The summed E-state index contributed by atoms with van der Waals surface area (Å²) >= 11 is 0. The predicted octanol–water partition coefficient (Wildman–Crippen LogP) is 2.09. The van der Waals surface area contributed by atoms with Gasteiger partial charge in [0.15, 0.2) is 0 Å². The summed E-state index contributed by atoms with van der Waals surface area (Å²) in [6.45, 7) is 2.35. The number of H-pyrrole nitrogens is 1. The first kappa shape index (κ1) is 19.1. The Labute approximate surface area is 147 Å². The van der Waals surface area contributed by atoms with Crippen LogP contribution in [0.2, 0.25) is 0 Å². The highest BCUT2D eigenvalue weighted by molar-refractivity contribution is 6.07. The molecule has 9 heteroatoms. The van der Waals surface area contributed by atoms with Crippen molar-refractivity contribution in [1.82, 2.24) is 4.98 Å². The number of pyridine rings is 1. The van der Waals surface area contributed by atoms with Crippen molar-refractivity contribution < 1.29 is 28.9 Å². The van der Waals surface area contributed by atoms with Gasteiger partial charge in [0.2, 0.25) is 0 Å². The van der Waals surface area contributed by atoms with Crippen LogP contribution >= 0.6 is 0 Å². The Hall–Kier alpha value is -3.20. The number of hydrogen-bond donors (Lipinski definition) is 4. The summed E-state index contributed by atoms with van der Waals surface area (Å²) in [6.07, 6.45) is 0.760. The number of aromatic carboxylic acids is 2. The molecule has 5 N–H and O–H groups in total. The topological polar surface area (TPSA) is 143 Å². The maximum absolute atomic E-state index is 14.3. The van der Waals surface area contributed by atoms with E-state index in [2.05, 4.69) is 0 Å². The van der Waals surface area contributed by atoms with Gasteiger partial charge in [-0.15, -0.1) is 0 Å². The Bertz CT molecular complexity index is 922. The average Bonchev–Trinajstić information content (AvgIpc) is 2.54. The van der Waals surface area contributed by atoms with Crippen molar-refractivity contribution in [1.29, 1.82) is 0 Å². The monoisotopic (exact) mass is 364 g/mol. The lowest BCUT2D eigenvalue weighted by Crippen LogP contribution is -2.24. The molecule has 0 amide bonds. The highest BCUT2D eigenvalue weighted by Gasteiger charge is 2.27. The van der Waals surface area contributed by atoms with Gasteiger partial charge in [-0.1, -0.05) is 19.1 Å². The number of nitrogens with one attached hydrogen (secondary N) is 1. The van der Waals surface area contributed by atoms with Gasteiger partial charge in [0, 0.05) is 17.7 Å². The van der Waals surface area contributed by atoms with Crippen LogP contribution in [-0.2, 0) is 11.3 Å². The zero-order chi connectivity index (χ0) is 19.4. The zero-order valence-corrected chi connectivity index (χ0v) is 13.8. The maximum Gasteiger partial charge on any atom is 0.342 e. The molecule has 0 aliphatic carbocycles. The van der Waals surface area contributed by atoms with Crippen LogP contribution < -0.4 is 11.3 Å². The van der Waals surface area contributed by atoms with Crippen molar-refractivity contribution in [2.24, 2.45) is 0 Å². The van der Waals surface area contributed by atoms with Crippen molar-refractivity contribution in [3.05, 3.63) is 51.1 Å². The summed E-state index contributed by atoms with van der Waals surface area (Å²) in [7, 11) is 0. The number of ether oxygens (including phenoxy) is 1. The standard InChI is InChI=1S/C17H17FN2O6/c1-2-5-26-7-9-4-3-8(6-10(9)18)11-12(16(22)23)14(19)20-15(21)13(11)17(24)25/h3-4,6H,2,5,7H2,1H3,(H,22,23)(H,24,25)(H3,19,20,21). The number of hydrogen-bond acceptors (Lipinski definition) is 5. The number of anilines is 1. The predicted molar refractivity (Wildman–Crippen MR) is 90.7 cm³/mol. The number of nitrogens with two attached hydrogens (primary N) is 1. The first-order chi connectivity index (χ1) is 12.3. The molecule has 0 atom stereocenters. The molecule has 8 nitrogen and oxygen atoms in total. The second kappa shape index (κ2) is 7.79. The summed E-state index contributed by atoms with van der Waals surface area (Å²) in [5.41, 5.74) is 2.69. The van der Waals surface area contributed by atoms with Gasteiger partial charge < -0.3 is 25.7 Å². The molecule has 1 aromatic carbocycles. The van der Waals surface area contributed by atoms with Gasteiger partial charge in [0.05, 0.1) is 6.61 Å². The summed E-state index contributed by atoms with van der Waals surface area (Å²) in [6, 6.07) is 3.62. The average molecular weight is 364 g/mol. The molecule has 0 bridgehead atoms. The molecule has 0 spiro atoms. The quantitative estimate of drug-likeness (QED) is 0.551. The third-order valence-electron chi connectivity index (χ3n) is 3.62. The van der Waals surface area contributed by atoms with Crippen LogP contribution in [0.4, 0.5) is 10.2 Å². The Morgan fingerprint density at radius 1 is 1.23 bits per heavy atom. The van der Waals surface area contributed by atoms with E-state index in [1.165, 1.54) is 12.1 Å². The van der Waals surface area contributed by atoms with E-state index in [1.54, 1.807) is 0 Å². The molecule has 0 unspecified atom stereocenters. The molecule has 26 heavy (non-hydrogen) atoms. The number of aromatic amines is 1. The van der Waals surface area contributed by atoms with E-state index < -0.39 is 45.8 Å². The minimum atomic E-state index is -1.65. The van der Waals surface area contributed by atoms with Crippen LogP contribution in [0.25, 0.3) is 11.1 Å². The minimum absolute atomic E-state index is 0.00897. The number of halogens is 1. The second-order valence-electron chi connectivity index (χ2n) is 5.46. The summed E-state index contributed by atoms with van der Waals surface area (Å²) in [4.78, 5) is 36.9. The lowest BCUT2D eigenvalue weighted by atomic mass is 9.94. The van der Waals surface area contributed by atoms with E-state index in [9.17, 15) is 29.0 Å².